The molecular formula is C13H19N3OS. The molecule has 0 aliphatic rings. The Hall–Kier alpha value is -1.20. The lowest BCUT2D eigenvalue weighted by Gasteiger charge is -2.22. The van der Waals surface area contributed by atoms with Gasteiger partial charge in [-0.15, -0.1) is 11.3 Å². The lowest BCUT2D eigenvalue weighted by atomic mass is 10.2. The zero-order valence-corrected chi connectivity index (χ0v) is 11.9. The number of anilines is 1. The van der Waals surface area contributed by atoms with Crippen LogP contribution >= 0.6 is 11.3 Å². The Balaban J connectivity index is 2.48. The van der Waals surface area contributed by atoms with E-state index in [4.69, 9.17) is 5.11 Å². The van der Waals surface area contributed by atoms with Crippen LogP contribution in [-0.2, 0) is 0 Å². The molecule has 1 N–H and O–H groups in total. The van der Waals surface area contributed by atoms with Gasteiger partial charge in [0.05, 0.1) is 5.39 Å². The summed E-state index contributed by atoms with van der Waals surface area (Å²) < 4.78 is 0. The van der Waals surface area contributed by atoms with Crippen molar-refractivity contribution >= 4 is 27.4 Å². The first-order chi connectivity index (χ1) is 8.69. The van der Waals surface area contributed by atoms with Crippen molar-refractivity contribution in [2.24, 2.45) is 0 Å². The van der Waals surface area contributed by atoms with Crippen LogP contribution in [0.25, 0.3) is 10.2 Å². The lowest BCUT2D eigenvalue weighted by molar-refractivity contribution is 0.289. The van der Waals surface area contributed by atoms with E-state index in [0.29, 0.717) is 0 Å². The van der Waals surface area contributed by atoms with E-state index in [2.05, 4.69) is 35.6 Å². The van der Waals surface area contributed by atoms with E-state index in [-0.39, 0.29) is 6.61 Å². The Morgan fingerprint density at radius 3 is 2.78 bits per heavy atom. The molecule has 0 aliphatic carbocycles. The number of nitrogens with zero attached hydrogens (tertiary/aromatic N) is 3. The van der Waals surface area contributed by atoms with Gasteiger partial charge in [-0.3, -0.25) is 0 Å². The summed E-state index contributed by atoms with van der Waals surface area (Å²) in [6, 6.07) is 0. The van der Waals surface area contributed by atoms with Crippen LogP contribution in [0.15, 0.2) is 6.33 Å². The Kier molecular flexibility index (Phi) is 4.14. The first-order valence-corrected chi connectivity index (χ1v) is 7.07. The number of hydrogen-bond donors (Lipinski definition) is 1. The summed E-state index contributed by atoms with van der Waals surface area (Å²) in [4.78, 5) is 13.4. The van der Waals surface area contributed by atoms with E-state index in [0.717, 1.165) is 30.2 Å². The average Bonchev–Trinajstić information content (AvgIpc) is 2.67. The number of rotatable bonds is 5. The summed E-state index contributed by atoms with van der Waals surface area (Å²) in [7, 11) is 0. The summed E-state index contributed by atoms with van der Waals surface area (Å²) in [5.41, 5.74) is 1.27. The van der Waals surface area contributed by atoms with Gasteiger partial charge in [-0.25, -0.2) is 9.97 Å². The molecule has 0 atom stereocenters. The molecular weight excluding hydrogens is 246 g/mol. The van der Waals surface area contributed by atoms with E-state index >= 15 is 0 Å². The van der Waals surface area contributed by atoms with Gasteiger partial charge in [-0.05, 0) is 32.8 Å². The maximum absolute atomic E-state index is 8.97. The van der Waals surface area contributed by atoms with Crippen molar-refractivity contribution in [1.29, 1.82) is 0 Å². The van der Waals surface area contributed by atoms with E-state index in [1.807, 2.05) is 0 Å². The van der Waals surface area contributed by atoms with Crippen LogP contribution in [0.4, 0.5) is 5.82 Å². The molecule has 2 rings (SSSR count). The molecule has 0 spiro atoms. The van der Waals surface area contributed by atoms with Crippen LogP contribution in [0.3, 0.4) is 0 Å². The Labute approximate surface area is 111 Å². The number of fused-ring (bicyclic) bond motifs is 1. The minimum absolute atomic E-state index is 0.215. The van der Waals surface area contributed by atoms with Crippen LogP contribution in [0.1, 0.15) is 23.8 Å². The fourth-order valence-corrected chi connectivity index (χ4v) is 3.07. The van der Waals surface area contributed by atoms with E-state index in [1.165, 1.54) is 15.8 Å². The summed E-state index contributed by atoms with van der Waals surface area (Å²) in [6.07, 6.45) is 2.40. The van der Waals surface area contributed by atoms with Gasteiger partial charge in [0.15, 0.2) is 0 Å². The predicted octanol–water partition coefficient (Wildman–Crippen LogP) is 2.52. The van der Waals surface area contributed by atoms with Crippen molar-refractivity contribution in [3.05, 3.63) is 16.8 Å². The number of thiophene rings is 1. The molecule has 2 aromatic rings. The molecule has 5 heteroatoms. The van der Waals surface area contributed by atoms with Gasteiger partial charge >= 0.3 is 0 Å². The zero-order chi connectivity index (χ0) is 13.1. The molecule has 18 heavy (non-hydrogen) atoms. The molecule has 0 amide bonds. The third-order valence-electron chi connectivity index (χ3n) is 3.21. The summed E-state index contributed by atoms with van der Waals surface area (Å²) in [5, 5.41) is 10.1. The molecule has 0 saturated heterocycles. The quantitative estimate of drug-likeness (QED) is 0.902. The highest BCUT2D eigenvalue weighted by atomic mass is 32.1. The summed E-state index contributed by atoms with van der Waals surface area (Å²) in [6.45, 7) is 8.29. The third-order valence-corrected chi connectivity index (χ3v) is 4.33. The van der Waals surface area contributed by atoms with Gasteiger partial charge in [0.1, 0.15) is 17.0 Å². The van der Waals surface area contributed by atoms with Gasteiger partial charge in [0.2, 0.25) is 0 Å². The SMILES string of the molecule is CCN(CCCO)c1ncnc2sc(C)c(C)c12. The molecule has 0 saturated carbocycles. The van der Waals surface area contributed by atoms with Crippen LogP contribution in [0.5, 0.6) is 0 Å². The average molecular weight is 265 g/mol. The maximum Gasteiger partial charge on any atom is 0.141 e. The molecule has 0 unspecified atom stereocenters. The summed E-state index contributed by atoms with van der Waals surface area (Å²) in [5.74, 6) is 0.998. The van der Waals surface area contributed by atoms with Crippen molar-refractivity contribution in [1.82, 2.24) is 9.97 Å². The number of aliphatic hydroxyl groups is 1. The zero-order valence-electron chi connectivity index (χ0n) is 11.1. The van der Waals surface area contributed by atoms with Crippen molar-refractivity contribution < 1.29 is 5.11 Å². The van der Waals surface area contributed by atoms with Crippen LogP contribution in [-0.4, -0.2) is 34.8 Å². The number of hydrogen-bond acceptors (Lipinski definition) is 5. The van der Waals surface area contributed by atoms with Gasteiger partial charge < -0.3 is 10.0 Å². The van der Waals surface area contributed by atoms with E-state index in [1.54, 1.807) is 17.7 Å². The number of aromatic nitrogens is 2. The molecule has 0 aromatic carbocycles. The van der Waals surface area contributed by atoms with E-state index in [9.17, 15) is 0 Å². The van der Waals surface area contributed by atoms with Gasteiger partial charge in [-0.1, -0.05) is 0 Å². The van der Waals surface area contributed by atoms with Gasteiger partial charge in [-0.2, -0.15) is 0 Å². The van der Waals surface area contributed by atoms with Crippen molar-refractivity contribution in [2.75, 3.05) is 24.6 Å². The first-order valence-electron chi connectivity index (χ1n) is 6.25. The summed E-state index contributed by atoms with van der Waals surface area (Å²) >= 11 is 1.72. The smallest absolute Gasteiger partial charge is 0.141 e. The van der Waals surface area contributed by atoms with Crippen molar-refractivity contribution in [3.63, 3.8) is 0 Å². The number of aliphatic hydroxyl groups excluding tert-OH is 1. The Morgan fingerprint density at radius 2 is 2.11 bits per heavy atom. The van der Waals surface area contributed by atoms with Crippen molar-refractivity contribution in [3.8, 4) is 0 Å². The topological polar surface area (TPSA) is 49.2 Å². The fourth-order valence-electron chi connectivity index (χ4n) is 2.08. The normalized spacial score (nSPS) is 11.1. The highest BCUT2D eigenvalue weighted by Gasteiger charge is 2.15. The van der Waals surface area contributed by atoms with Crippen LogP contribution in [0.2, 0.25) is 0 Å². The molecule has 2 aromatic heterocycles. The molecule has 0 radical (unpaired) electrons. The minimum atomic E-state index is 0.215. The van der Waals surface area contributed by atoms with Crippen LogP contribution < -0.4 is 4.90 Å². The second kappa shape index (κ2) is 5.63. The Bertz CT molecular complexity index is 538. The maximum atomic E-state index is 8.97. The fraction of sp³-hybridized carbons (Fsp3) is 0.538. The predicted molar refractivity (Wildman–Crippen MR) is 76.5 cm³/mol. The van der Waals surface area contributed by atoms with Crippen molar-refractivity contribution in [2.45, 2.75) is 27.2 Å². The minimum Gasteiger partial charge on any atom is -0.396 e. The highest BCUT2D eigenvalue weighted by Crippen LogP contribution is 2.34. The highest BCUT2D eigenvalue weighted by molar-refractivity contribution is 7.18. The molecule has 0 aliphatic heterocycles. The molecule has 2 heterocycles. The molecule has 98 valence electrons. The van der Waals surface area contributed by atoms with Gasteiger partial charge in [0, 0.05) is 24.6 Å². The molecule has 0 fully saturated rings. The second-order valence-electron chi connectivity index (χ2n) is 4.32. The van der Waals surface area contributed by atoms with E-state index < -0.39 is 0 Å². The Morgan fingerprint density at radius 1 is 1.33 bits per heavy atom. The third kappa shape index (κ3) is 2.33. The lowest BCUT2D eigenvalue weighted by Crippen LogP contribution is -2.25. The standard InChI is InChI=1S/C13H19N3OS/c1-4-16(6-5-7-17)12-11-9(2)10(3)18-13(11)15-8-14-12/h8,17H,4-7H2,1-3H3. The largest absolute Gasteiger partial charge is 0.396 e. The molecule has 0 bridgehead atoms. The number of aryl methyl sites for hydroxylation is 2. The van der Waals surface area contributed by atoms with Crippen LogP contribution in [0, 0.1) is 13.8 Å². The first kappa shape index (κ1) is 13.2. The van der Waals surface area contributed by atoms with Gasteiger partial charge in [0.25, 0.3) is 0 Å². The second-order valence-corrected chi connectivity index (χ2v) is 5.52. The monoisotopic (exact) mass is 265 g/mol. The molecule has 4 nitrogen and oxygen atoms in total.